The summed E-state index contributed by atoms with van der Waals surface area (Å²) in [7, 11) is 0. The van der Waals surface area contributed by atoms with E-state index in [1.807, 2.05) is 0 Å². The van der Waals surface area contributed by atoms with E-state index in [1.54, 1.807) is 0 Å². The molecule has 0 saturated heterocycles. The van der Waals surface area contributed by atoms with Gasteiger partial charge in [0.1, 0.15) is 0 Å². The lowest BCUT2D eigenvalue weighted by Gasteiger charge is -2.47. The summed E-state index contributed by atoms with van der Waals surface area (Å²) in [6.45, 7) is 9.88. The van der Waals surface area contributed by atoms with E-state index in [1.165, 1.54) is 64.2 Å². The van der Waals surface area contributed by atoms with E-state index in [2.05, 4.69) is 27.7 Å². The quantitative estimate of drug-likeness (QED) is 0.489. The third-order valence-corrected chi connectivity index (χ3v) is 5.25. The van der Waals surface area contributed by atoms with Gasteiger partial charge in [-0.2, -0.15) is 0 Å². The van der Waals surface area contributed by atoms with Crippen LogP contribution in [0.1, 0.15) is 91.9 Å². The zero-order chi connectivity index (χ0) is 12.1. The molecule has 1 saturated carbocycles. The molecular weight excluding hydrogens is 192 g/mol. The normalized spacial score (nSPS) is 21.0. The first kappa shape index (κ1) is 14.1. The number of rotatable bonds is 6. The van der Waals surface area contributed by atoms with Crippen molar-refractivity contribution in [2.75, 3.05) is 0 Å². The van der Waals surface area contributed by atoms with Gasteiger partial charge in [-0.1, -0.05) is 72.6 Å². The molecule has 1 aliphatic carbocycles. The van der Waals surface area contributed by atoms with Crippen LogP contribution in [0, 0.1) is 10.8 Å². The Morgan fingerprint density at radius 3 is 2.12 bits per heavy atom. The van der Waals surface area contributed by atoms with Crippen LogP contribution in [0.2, 0.25) is 0 Å². The standard InChI is InChI=1S/C16H32/c1-5-6-7-9-12-15(2,3)16(4)13-10-8-11-14-16/h5-14H2,1-4H3. The Bertz CT molecular complexity index is 184. The average Bonchev–Trinajstić information content (AvgIpc) is 2.25. The van der Waals surface area contributed by atoms with Crippen molar-refractivity contribution >= 4 is 0 Å². The lowest BCUT2D eigenvalue weighted by atomic mass is 9.58. The first-order chi connectivity index (χ1) is 7.52. The third kappa shape index (κ3) is 3.50. The van der Waals surface area contributed by atoms with Gasteiger partial charge in [-0.3, -0.25) is 0 Å². The first-order valence-corrected chi connectivity index (χ1v) is 7.52. The topological polar surface area (TPSA) is 0 Å². The summed E-state index contributed by atoms with van der Waals surface area (Å²) in [5.74, 6) is 0. The van der Waals surface area contributed by atoms with Gasteiger partial charge >= 0.3 is 0 Å². The van der Waals surface area contributed by atoms with E-state index >= 15 is 0 Å². The van der Waals surface area contributed by atoms with Crippen LogP contribution < -0.4 is 0 Å². The minimum absolute atomic E-state index is 0.557. The molecule has 1 rings (SSSR count). The van der Waals surface area contributed by atoms with Crippen LogP contribution in [-0.2, 0) is 0 Å². The van der Waals surface area contributed by atoms with Gasteiger partial charge in [0.15, 0.2) is 0 Å². The number of unbranched alkanes of at least 4 members (excludes halogenated alkanes) is 3. The van der Waals surface area contributed by atoms with Crippen LogP contribution >= 0.6 is 0 Å². The summed E-state index contributed by atoms with van der Waals surface area (Å²) in [5, 5.41) is 0. The Morgan fingerprint density at radius 2 is 1.56 bits per heavy atom. The average molecular weight is 224 g/mol. The molecular formula is C16H32. The van der Waals surface area contributed by atoms with Gasteiger partial charge in [0.05, 0.1) is 0 Å². The van der Waals surface area contributed by atoms with Crippen LogP contribution in [0.15, 0.2) is 0 Å². The maximum absolute atomic E-state index is 2.55. The largest absolute Gasteiger partial charge is 0.0654 e. The highest BCUT2D eigenvalue weighted by atomic mass is 14.5. The second kappa shape index (κ2) is 6.07. The maximum atomic E-state index is 2.55. The molecule has 0 aliphatic heterocycles. The van der Waals surface area contributed by atoms with Crippen LogP contribution in [0.25, 0.3) is 0 Å². The van der Waals surface area contributed by atoms with Crippen molar-refractivity contribution < 1.29 is 0 Å². The molecule has 0 aromatic rings. The van der Waals surface area contributed by atoms with Crippen molar-refractivity contribution in [2.45, 2.75) is 91.9 Å². The van der Waals surface area contributed by atoms with Crippen LogP contribution in [-0.4, -0.2) is 0 Å². The van der Waals surface area contributed by atoms with Gasteiger partial charge in [0.2, 0.25) is 0 Å². The Kier molecular flexibility index (Phi) is 5.34. The van der Waals surface area contributed by atoms with Crippen molar-refractivity contribution in [1.82, 2.24) is 0 Å². The second-order valence-corrected chi connectivity index (χ2v) is 6.82. The highest BCUT2D eigenvalue weighted by Crippen LogP contribution is 2.51. The Morgan fingerprint density at radius 1 is 0.938 bits per heavy atom. The lowest BCUT2D eigenvalue weighted by Crippen LogP contribution is -2.37. The summed E-state index contributed by atoms with van der Waals surface area (Å²) in [5.41, 5.74) is 1.18. The summed E-state index contributed by atoms with van der Waals surface area (Å²) in [4.78, 5) is 0. The lowest BCUT2D eigenvalue weighted by molar-refractivity contribution is 0.0340. The van der Waals surface area contributed by atoms with Gasteiger partial charge in [-0.05, 0) is 30.1 Å². The molecule has 0 bridgehead atoms. The first-order valence-electron chi connectivity index (χ1n) is 7.52. The predicted molar refractivity (Wildman–Crippen MR) is 73.7 cm³/mol. The highest BCUT2D eigenvalue weighted by molar-refractivity contribution is 4.91. The molecule has 0 radical (unpaired) electrons. The van der Waals surface area contributed by atoms with Crippen molar-refractivity contribution in [3.8, 4) is 0 Å². The summed E-state index contributed by atoms with van der Waals surface area (Å²) >= 11 is 0. The molecule has 96 valence electrons. The molecule has 0 heteroatoms. The number of hydrogen-bond donors (Lipinski definition) is 0. The summed E-state index contributed by atoms with van der Waals surface area (Å²) in [6.07, 6.45) is 14.4. The van der Waals surface area contributed by atoms with Gasteiger partial charge in [-0.25, -0.2) is 0 Å². The molecule has 1 aliphatic rings. The molecule has 0 N–H and O–H groups in total. The molecule has 0 aromatic heterocycles. The fourth-order valence-corrected chi connectivity index (χ4v) is 3.30. The van der Waals surface area contributed by atoms with Crippen LogP contribution in [0.4, 0.5) is 0 Å². The second-order valence-electron chi connectivity index (χ2n) is 6.82. The van der Waals surface area contributed by atoms with Crippen LogP contribution in [0.3, 0.4) is 0 Å². The maximum Gasteiger partial charge on any atom is -0.0275 e. The minimum atomic E-state index is 0.557. The van der Waals surface area contributed by atoms with E-state index < -0.39 is 0 Å². The molecule has 0 spiro atoms. The van der Waals surface area contributed by atoms with E-state index in [-0.39, 0.29) is 0 Å². The Labute approximate surface area is 103 Å². The van der Waals surface area contributed by atoms with Gasteiger partial charge in [0, 0.05) is 0 Å². The summed E-state index contributed by atoms with van der Waals surface area (Å²) in [6, 6.07) is 0. The molecule has 0 amide bonds. The summed E-state index contributed by atoms with van der Waals surface area (Å²) < 4.78 is 0. The van der Waals surface area contributed by atoms with Gasteiger partial charge in [-0.15, -0.1) is 0 Å². The van der Waals surface area contributed by atoms with E-state index in [9.17, 15) is 0 Å². The van der Waals surface area contributed by atoms with Crippen molar-refractivity contribution in [1.29, 1.82) is 0 Å². The zero-order valence-corrected chi connectivity index (χ0v) is 12.1. The fourth-order valence-electron chi connectivity index (χ4n) is 3.30. The van der Waals surface area contributed by atoms with E-state index in [0.29, 0.717) is 10.8 Å². The van der Waals surface area contributed by atoms with Crippen molar-refractivity contribution in [2.24, 2.45) is 10.8 Å². The molecule has 0 nitrogen and oxygen atoms in total. The van der Waals surface area contributed by atoms with Crippen molar-refractivity contribution in [3.63, 3.8) is 0 Å². The fraction of sp³-hybridized carbons (Fsp3) is 1.00. The highest BCUT2D eigenvalue weighted by Gasteiger charge is 2.40. The van der Waals surface area contributed by atoms with E-state index in [4.69, 9.17) is 0 Å². The Balaban J connectivity index is 2.41. The number of hydrogen-bond acceptors (Lipinski definition) is 0. The molecule has 0 heterocycles. The monoisotopic (exact) mass is 224 g/mol. The predicted octanol–water partition coefficient (Wildman–Crippen LogP) is 5.95. The van der Waals surface area contributed by atoms with E-state index in [0.717, 1.165) is 0 Å². The minimum Gasteiger partial charge on any atom is -0.0654 e. The van der Waals surface area contributed by atoms with Gasteiger partial charge in [0.25, 0.3) is 0 Å². The van der Waals surface area contributed by atoms with Crippen molar-refractivity contribution in [3.05, 3.63) is 0 Å². The molecule has 0 unspecified atom stereocenters. The molecule has 0 atom stereocenters. The smallest absolute Gasteiger partial charge is 0.0275 e. The molecule has 1 fully saturated rings. The van der Waals surface area contributed by atoms with Crippen LogP contribution in [0.5, 0.6) is 0 Å². The molecule has 16 heavy (non-hydrogen) atoms. The molecule has 0 aromatic carbocycles. The SMILES string of the molecule is CCCCCCC(C)(C)C1(C)CCCCC1. The Hall–Kier alpha value is 0. The zero-order valence-electron chi connectivity index (χ0n) is 12.1. The third-order valence-electron chi connectivity index (χ3n) is 5.25. The van der Waals surface area contributed by atoms with Gasteiger partial charge < -0.3 is 0 Å².